The Kier molecular flexibility index (Phi) is 7.75. The molecule has 0 rings (SSSR count). The molecule has 0 aliphatic carbocycles. The highest BCUT2D eigenvalue weighted by atomic mass is 32.2. The lowest BCUT2D eigenvalue weighted by molar-refractivity contribution is 0.164. The number of rotatable bonds is 7. The Bertz CT molecular complexity index is 130. The second-order valence-corrected chi connectivity index (χ2v) is 4.30. The van der Waals surface area contributed by atoms with Crippen LogP contribution in [-0.2, 0) is 15.5 Å². The summed E-state index contributed by atoms with van der Waals surface area (Å²) >= 11 is 0. The van der Waals surface area contributed by atoms with Crippen molar-refractivity contribution in [3.63, 3.8) is 0 Å². The van der Waals surface area contributed by atoms with E-state index in [0.717, 1.165) is 6.42 Å². The molecule has 0 saturated carbocycles. The van der Waals surface area contributed by atoms with Crippen LogP contribution in [0.1, 0.15) is 20.3 Å². The maximum Gasteiger partial charge on any atom is 0.0581 e. The van der Waals surface area contributed by atoms with Gasteiger partial charge in [0.1, 0.15) is 0 Å². The molecule has 0 aromatic heterocycles. The van der Waals surface area contributed by atoms with Crippen molar-refractivity contribution in [1.82, 2.24) is 0 Å². The van der Waals surface area contributed by atoms with Crippen molar-refractivity contribution in [3.05, 3.63) is 0 Å². The van der Waals surface area contributed by atoms with Gasteiger partial charge in [0.2, 0.25) is 0 Å². The lowest BCUT2D eigenvalue weighted by atomic mass is 10.3. The Morgan fingerprint density at radius 3 is 2.67 bits per heavy atom. The van der Waals surface area contributed by atoms with E-state index in [2.05, 4.69) is 0 Å². The summed E-state index contributed by atoms with van der Waals surface area (Å²) in [5.41, 5.74) is 5.64. The van der Waals surface area contributed by atoms with E-state index in [1.165, 1.54) is 0 Å². The van der Waals surface area contributed by atoms with E-state index in [4.69, 9.17) is 10.5 Å². The van der Waals surface area contributed by atoms with Crippen molar-refractivity contribution in [2.24, 2.45) is 5.73 Å². The van der Waals surface area contributed by atoms with Crippen LogP contribution < -0.4 is 5.73 Å². The first kappa shape index (κ1) is 12.1. The van der Waals surface area contributed by atoms with Crippen LogP contribution in [0.4, 0.5) is 0 Å². The van der Waals surface area contributed by atoms with Crippen LogP contribution in [-0.4, -0.2) is 35.0 Å². The molecule has 0 amide bonds. The van der Waals surface area contributed by atoms with Gasteiger partial charge >= 0.3 is 0 Å². The molecular formula is C8H19NO2S. The molecule has 4 heteroatoms. The van der Waals surface area contributed by atoms with Gasteiger partial charge in [-0.1, -0.05) is 6.92 Å². The first-order valence-electron chi connectivity index (χ1n) is 4.39. The van der Waals surface area contributed by atoms with E-state index in [1.54, 1.807) is 0 Å². The molecule has 0 aliphatic rings. The minimum atomic E-state index is -0.801. The summed E-state index contributed by atoms with van der Waals surface area (Å²) < 4.78 is 16.3. The molecular weight excluding hydrogens is 174 g/mol. The lowest BCUT2D eigenvalue weighted by Crippen LogP contribution is -2.27. The van der Waals surface area contributed by atoms with Crippen molar-refractivity contribution in [3.8, 4) is 0 Å². The van der Waals surface area contributed by atoms with Crippen LogP contribution in [0.25, 0.3) is 0 Å². The van der Waals surface area contributed by atoms with Crippen molar-refractivity contribution in [2.45, 2.75) is 26.3 Å². The molecule has 0 spiro atoms. The van der Waals surface area contributed by atoms with E-state index < -0.39 is 10.8 Å². The molecule has 0 saturated heterocycles. The van der Waals surface area contributed by atoms with E-state index >= 15 is 0 Å². The molecule has 0 heterocycles. The zero-order valence-electron chi connectivity index (χ0n) is 7.91. The normalized spacial score (nSPS) is 15.9. The predicted molar refractivity (Wildman–Crippen MR) is 52.6 cm³/mol. The summed E-state index contributed by atoms with van der Waals surface area (Å²) in [7, 11) is -0.801. The minimum Gasteiger partial charge on any atom is -0.381 e. The molecule has 74 valence electrons. The third-order valence-electron chi connectivity index (χ3n) is 1.58. The molecule has 12 heavy (non-hydrogen) atoms. The van der Waals surface area contributed by atoms with E-state index in [-0.39, 0.29) is 6.04 Å². The van der Waals surface area contributed by atoms with Gasteiger partial charge in [0.05, 0.1) is 6.61 Å². The first-order chi connectivity index (χ1) is 5.70. The summed E-state index contributed by atoms with van der Waals surface area (Å²) in [4.78, 5) is 0. The van der Waals surface area contributed by atoms with Gasteiger partial charge < -0.3 is 10.5 Å². The van der Waals surface area contributed by atoms with E-state index in [0.29, 0.717) is 24.7 Å². The average Bonchev–Trinajstić information content (AvgIpc) is 2.05. The Balaban J connectivity index is 3.33. The quantitative estimate of drug-likeness (QED) is 0.599. The van der Waals surface area contributed by atoms with Gasteiger partial charge in [0.15, 0.2) is 0 Å². The van der Waals surface area contributed by atoms with Crippen LogP contribution >= 0.6 is 0 Å². The third-order valence-corrected chi connectivity index (χ3v) is 3.01. The SMILES string of the molecule is CCOCCS(=O)CC(N)CC. The van der Waals surface area contributed by atoms with Crippen LogP contribution in [0.5, 0.6) is 0 Å². The van der Waals surface area contributed by atoms with Gasteiger partial charge in [-0.3, -0.25) is 4.21 Å². The van der Waals surface area contributed by atoms with E-state index in [9.17, 15) is 4.21 Å². The van der Waals surface area contributed by atoms with Crippen LogP contribution in [0.15, 0.2) is 0 Å². The van der Waals surface area contributed by atoms with Crippen LogP contribution in [0, 0.1) is 0 Å². The molecule has 2 atom stereocenters. The summed E-state index contributed by atoms with van der Waals surface area (Å²) in [6.45, 7) is 5.21. The van der Waals surface area contributed by atoms with Gasteiger partial charge in [0.25, 0.3) is 0 Å². The summed E-state index contributed by atoms with van der Waals surface area (Å²) in [5, 5.41) is 0. The predicted octanol–water partition coefficient (Wildman–Crippen LogP) is 0.509. The Hall–Kier alpha value is 0.0700. The fourth-order valence-corrected chi connectivity index (χ4v) is 1.92. The van der Waals surface area contributed by atoms with Gasteiger partial charge in [-0.05, 0) is 13.3 Å². The van der Waals surface area contributed by atoms with Crippen molar-refractivity contribution in [2.75, 3.05) is 24.7 Å². The monoisotopic (exact) mass is 193 g/mol. The van der Waals surface area contributed by atoms with Gasteiger partial charge in [-0.2, -0.15) is 0 Å². The number of nitrogens with two attached hydrogens (primary N) is 1. The van der Waals surface area contributed by atoms with Crippen LogP contribution in [0.3, 0.4) is 0 Å². The average molecular weight is 193 g/mol. The molecule has 3 nitrogen and oxygen atoms in total. The molecule has 0 radical (unpaired) electrons. The second kappa shape index (κ2) is 7.71. The molecule has 0 aromatic rings. The molecule has 0 aliphatic heterocycles. The van der Waals surface area contributed by atoms with Crippen molar-refractivity contribution < 1.29 is 8.95 Å². The number of ether oxygens (including phenoxy) is 1. The van der Waals surface area contributed by atoms with Gasteiger partial charge in [-0.15, -0.1) is 0 Å². The summed E-state index contributed by atoms with van der Waals surface area (Å²) in [6, 6.07) is 0.0764. The second-order valence-electron chi connectivity index (χ2n) is 2.68. The molecule has 0 bridgehead atoms. The standard InChI is InChI=1S/C8H19NO2S/c1-3-8(9)7-12(10)6-5-11-4-2/h8H,3-7,9H2,1-2H3. The fourth-order valence-electron chi connectivity index (χ4n) is 0.736. The summed E-state index contributed by atoms with van der Waals surface area (Å²) in [5.74, 6) is 1.21. The largest absolute Gasteiger partial charge is 0.381 e. The Morgan fingerprint density at radius 2 is 2.17 bits per heavy atom. The topological polar surface area (TPSA) is 52.3 Å². The van der Waals surface area contributed by atoms with E-state index in [1.807, 2.05) is 13.8 Å². The fraction of sp³-hybridized carbons (Fsp3) is 1.00. The first-order valence-corrected chi connectivity index (χ1v) is 5.87. The Labute approximate surface area is 77.1 Å². The molecule has 2 N–H and O–H groups in total. The van der Waals surface area contributed by atoms with Crippen LogP contribution in [0.2, 0.25) is 0 Å². The smallest absolute Gasteiger partial charge is 0.0581 e. The molecule has 0 aromatic carbocycles. The number of hydrogen-bond donors (Lipinski definition) is 1. The molecule has 2 unspecified atom stereocenters. The minimum absolute atomic E-state index is 0.0764. The lowest BCUT2D eigenvalue weighted by Gasteiger charge is -2.07. The molecule has 0 fully saturated rings. The zero-order valence-corrected chi connectivity index (χ0v) is 8.73. The highest BCUT2D eigenvalue weighted by molar-refractivity contribution is 7.85. The van der Waals surface area contributed by atoms with Crippen molar-refractivity contribution >= 4 is 10.8 Å². The Morgan fingerprint density at radius 1 is 1.50 bits per heavy atom. The number of hydrogen-bond acceptors (Lipinski definition) is 3. The van der Waals surface area contributed by atoms with Crippen molar-refractivity contribution in [1.29, 1.82) is 0 Å². The highest BCUT2D eigenvalue weighted by Gasteiger charge is 2.05. The third kappa shape index (κ3) is 6.76. The van der Waals surface area contributed by atoms with Gasteiger partial charge in [0, 0.05) is 35.0 Å². The maximum atomic E-state index is 11.2. The highest BCUT2D eigenvalue weighted by Crippen LogP contribution is 1.91. The maximum absolute atomic E-state index is 11.2. The van der Waals surface area contributed by atoms with Gasteiger partial charge in [-0.25, -0.2) is 0 Å². The zero-order chi connectivity index (χ0) is 9.40. The summed E-state index contributed by atoms with van der Waals surface area (Å²) in [6.07, 6.45) is 0.889.